The highest BCUT2D eigenvalue weighted by molar-refractivity contribution is 5.99. The molecule has 102 valence electrons. The minimum Gasteiger partial charge on any atom is -0.480 e. The third-order valence-electron chi connectivity index (χ3n) is 3.10. The summed E-state index contributed by atoms with van der Waals surface area (Å²) < 4.78 is 13.1. The fourth-order valence-corrected chi connectivity index (χ4v) is 2.27. The highest BCUT2D eigenvalue weighted by Crippen LogP contribution is 2.29. The van der Waals surface area contributed by atoms with E-state index in [0.29, 0.717) is 0 Å². The smallest absolute Gasteiger partial charge is 0.326 e. The van der Waals surface area contributed by atoms with Crippen LogP contribution in [-0.2, 0) is 4.79 Å². The molecule has 1 fully saturated rings. The first-order valence-corrected chi connectivity index (χ1v) is 5.67. The Kier molecular flexibility index (Phi) is 3.39. The number of primary amides is 1. The van der Waals surface area contributed by atoms with Gasteiger partial charge in [-0.1, -0.05) is 0 Å². The molecule has 7 heteroatoms. The number of nitrogens with two attached hydrogens (primary N) is 1. The van der Waals surface area contributed by atoms with Gasteiger partial charge in [-0.2, -0.15) is 0 Å². The average molecular weight is 268 g/mol. The molecule has 2 rings (SSSR count). The lowest BCUT2D eigenvalue weighted by molar-refractivity contribution is -0.138. The first kappa shape index (κ1) is 13.3. The summed E-state index contributed by atoms with van der Waals surface area (Å²) in [6.07, 6.45) is -0.767. The van der Waals surface area contributed by atoms with E-state index < -0.39 is 29.8 Å². The van der Waals surface area contributed by atoms with Crippen LogP contribution >= 0.6 is 0 Å². The number of carboxylic acid groups (broad SMARTS) is 1. The highest BCUT2D eigenvalue weighted by Gasteiger charge is 2.37. The Labute approximate surface area is 108 Å². The van der Waals surface area contributed by atoms with E-state index in [2.05, 4.69) is 0 Å². The van der Waals surface area contributed by atoms with E-state index in [4.69, 9.17) is 10.8 Å². The molecular formula is C12H13FN2O4. The molecule has 0 aliphatic carbocycles. The number of halogens is 1. The fourth-order valence-electron chi connectivity index (χ4n) is 2.27. The molecule has 2 unspecified atom stereocenters. The highest BCUT2D eigenvalue weighted by atomic mass is 19.1. The predicted molar refractivity (Wildman–Crippen MR) is 64.3 cm³/mol. The molecule has 1 aliphatic heterocycles. The van der Waals surface area contributed by atoms with Crippen LogP contribution in [0, 0.1) is 5.82 Å². The molecule has 1 aromatic carbocycles. The SMILES string of the molecule is NC(=O)c1cc(F)ccc1N1CC(O)CC1C(=O)O. The Balaban J connectivity index is 2.46. The van der Waals surface area contributed by atoms with Crippen LogP contribution in [0.1, 0.15) is 16.8 Å². The zero-order chi connectivity index (χ0) is 14.2. The van der Waals surface area contributed by atoms with Crippen molar-refractivity contribution in [3.05, 3.63) is 29.6 Å². The number of carbonyl (C=O) groups excluding carboxylic acids is 1. The maximum absolute atomic E-state index is 13.1. The number of hydrogen-bond donors (Lipinski definition) is 3. The zero-order valence-electron chi connectivity index (χ0n) is 9.91. The zero-order valence-corrected chi connectivity index (χ0v) is 9.91. The summed E-state index contributed by atoms with van der Waals surface area (Å²) in [5.41, 5.74) is 5.29. The van der Waals surface area contributed by atoms with Crippen molar-refractivity contribution in [1.29, 1.82) is 0 Å². The quantitative estimate of drug-likeness (QED) is 0.713. The maximum atomic E-state index is 13.1. The van der Waals surface area contributed by atoms with Crippen molar-refractivity contribution < 1.29 is 24.2 Å². The minimum absolute atomic E-state index is 0.0465. The number of aliphatic hydroxyl groups is 1. The molecule has 1 aromatic rings. The molecule has 6 nitrogen and oxygen atoms in total. The number of carboxylic acids is 1. The second kappa shape index (κ2) is 4.85. The third kappa shape index (κ3) is 2.50. The van der Waals surface area contributed by atoms with Crippen molar-refractivity contribution in [2.24, 2.45) is 5.73 Å². The number of β-amino-alcohol motifs (C(OH)–C–C–N with tert-alkyl or cyclic N) is 1. The maximum Gasteiger partial charge on any atom is 0.326 e. The van der Waals surface area contributed by atoms with E-state index in [9.17, 15) is 19.1 Å². The van der Waals surface area contributed by atoms with Crippen molar-refractivity contribution in [2.75, 3.05) is 11.4 Å². The standard InChI is InChI=1S/C12H13FN2O4/c13-6-1-2-9(8(3-6)11(14)17)15-5-7(16)4-10(15)12(18)19/h1-3,7,10,16H,4-5H2,(H2,14,17)(H,18,19). The van der Waals surface area contributed by atoms with E-state index in [1.807, 2.05) is 0 Å². The molecule has 1 amide bonds. The van der Waals surface area contributed by atoms with Crippen LogP contribution in [0.15, 0.2) is 18.2 Å². The summed E-state index contributed by atoms with van der Waals surface area (Å²) in [4.78, 5) is 23.8. The normalized spacial score (nSPS) is 22.5. The van der Waals surface area contributed by atoms with E-state index in [1.54, 1.807) is 0 Å². The summed E-state index contributed by atoms with van der Waals surface area (Å²) in [7, 11) is 0. The average Bonchev–Trinajstić information content (AvgIpc) is 2.71. The van der Waals surface area contributed by atoms with E-state index >= 15 is 0 Å². The van der Waals surface area contributed by atoms with Crippen molar-refractivity contribution >= 4 is 17.6 Å². The fraction of sp³-hybridized carbons (Fsp3) is 0.333. The van der Waals surface area contributed by atoms with Gasteiger partial charge < -0.3 is 20.8 Å². The number of benzene rings is 1. The topological polar surface area (TPSA) is 104 Å². The largest absolute Gasteiger partial charge is 0.480 e. The van der Waals surface area contributed by atoms with Crippen molar-refractivity contribution in [3.63, 3.8) is 0 Å². The number of amides is 1. The lowest BCUT2D eigenvalue weighted by Crippen LogP contribution is -2.37. The van der Waals surface area contributed by atoms with Crippen molar-refractivity contribution in [3.8, 4) is 0 Å². The summed E-state index contributed by atoms with van der Waals surface area (Å²) in [6, 6.07) is 2.41. The molecule has 0 radical (unpaired) electrons. The molecule has 1 aliphatic rings. The second-order valence-electron chi connectivity index (χ2n) is 4.42. The second-order valence-corrected chi connectivity index (χ2v) is 4.42. The minimum atomic E-state index is -1.11. The molecule has 0 spiro atoms. The van der Waals surface area contributed by atoms with Crippen molar-refractivity contribution in [1.82, 2.24) is 0 Å². The number of hydrogen-bond acceptors (Lipinski definition) is 4. The van der Waals surface area contributed by atoms with Gasteiger partial charge in [0.1, 0.15) is 11.9 Å². The Hall–Kier alpha value is -2.15. The van der Waals surface area contributed by atoms with Crippen LogP contribution in [0.5, 0.6) is 0 Å². The van der Waals surface area contributed by atoms with Crippen molar-refractivity contribution in [2.45, 2.75) is 18.6 Å². The van der Waals surface area contributed by atoms with Gasteiger partial charge in [-0.3, -0.25) is 4.79 Å². The molecule has 4 N–H and O–H groups in total. The van der Waals surface area contributed by atoms with Crippen LogP contribution in [0.25, 0.3) is 0 Å². The number of carbonyl (C=O) groups is 2. The Bertz CT molecular complexity index is 534. The van der Waals surface area contributed by atoms with Crippen LogP contribution in [0.4, 0.5) is 10.1 Å². The van der Waals surface area contributed by atoms with E-state index in [-0.39, 0.29) is 24.2 Å². The van der Waals surface area contributed by atoms with Gasteiger partial charge >= 0.3 is 5.97 Å². The van der Waals surface area contributed by atoms with Gasteiger partial charge in [0.05, 0.1) is 17.4 Å². The number of anilines is 1. The molecule has 0 saturated carbocycles. The molecule has 2 atom stereocenters. The number of aliphatic hydroxyl groups excluding tert-OH is 1. The van der Waals surface area contributed by atoms with Crippen LogP contribution in [0.2, 0.25) is 0 Å². The molecule has 0 aromatic heterocycles. The number of nitrogens with zero attached hydrogens (tertiary/aromatic N) is 1. The molecule has 1 heterocycles. The van der Waals surface area contributed by atoms with Gasteiger partial charge in [-0.15, -0.1) is 0 Å². The Morgan fingerprint density at radius 1 is 1.42 bits per heavy atom. The molecule has 1 saturated heterocycles. The Morgan fingerprint density at radius 3 is 2.68 bits per heavy atom. The summed E-state index contributed by atoms with van der Waals surface area (Å²) in [6.45, 7) is 0.0584. The number of rotatable bonds is 3. The monoisotopic (exact) mass is 268 g/mol. The first-order chi connectivity index (χ1) is 8.90. The third-order valence-corrected chi connectivity index (χ3v) is 3.10. The lowest BCUT2D eigenvalue weighted by Gasteiger charge is -2.25. The molecule has 19 heavy (non-hydrogen) atoms. The van der Waals surface area contributed by atoms with Gasteiger partial charge in [-0.25, -0.2) is 9.18 Å². The van der Waals surface area contributed by atoms with E-state index in [0.717, 1.165) is 12.1 Å². The van der Waals surface area contributed by atoms with Crippen LogP contribution in [-0.4, -0.2) is 40.8 Å². The summed E-state index contributed by atoms with van der Waals surface area (Å²) >= 11 is 0. The van der Waals surface area contributed by atoms with E-state index in [1.165, 1.54) is 11.0 Å². The summed E-state index contributed by atoms with van der Waals surface area (Å²) in [5, 5.41) is 18.7. The summed E-state index contributed by atoms with van der Waals surface area (Å²) in [5.74, 6) is -2.60. The van der Waals surface area contributed by atoms with Crippen LogP contribution < -0.4 is 10.6 Å². The van der Waals surface area contributed by atoms with Gasteiger partial charge in [0.25, 0.3) is 5.91 Å². The number of aliphatic carboxylic acids is 1. The van der Waals surface area contributed by atoms with Gasteiger partial charge in [-0.05, 0) is 18.2 Å². The molecule has 0 bridgehead atoms. The van der Waals surface area contributed by atoms with Crippen LogP contribution in [0.3, 0.4) is 0 Å². The predicted octanol–water partition coefficient (Wildman–Crippen LogP) is -0.0512. The van der Waals surface area contributed by atoms with Gasteiger partial charge in [0.15, 0.2) is 0 Å². The lowest BCUT2D eigenvalue weighted by atomic mass is 10.1. The first-order valence-electron chi connectivity index (χ1n) is 5.67. The molecular weight excluding hydrogens is 255 g/mol. The van der Waals surface area contributed by atoms with Gasteiger partial charge in [0.2, 0.25) is 0 Å². The Morgan fingerprint density at radius 2 is 2.11 bits per heavy atom. The van der Waals surface area contributed by atoms with Gasteiger partial charge in [0, 0.05) is 13.0 Å².